The van der Waals surface area contributed by atoms with Crippen LogP contribution in [-0.2, 0) is 14.4 Å². The van der Waals surface area contributed by atoms with E-state index >= 15 is 0 Å². The first-order valence-electron chi connectivity index (χ1n) is 9.96. The highest BCUT2D eigenvalue weighted by atomic mass is 16.7. The van der Waals surface area contributed by atoms with Crippen molar-refractivity contribution in [1.82, 2.24) is 5.06 Å². The molecule has 0 aliphatic carbocycles. The van der Waals surface area contributed by atoms with Gasteiger partial charge in [-0.25, -0.2) is 4.79 Å². The van der Waals surface area contributed by atoms with Crippen LogP contribution < -0.4 is 0 Å². The molecule has 154 valence electrons. The van der Waals surface area contributed by atoms with Crippen molar-refractivity contribution in [1.29, 1.82) is 0 Å². The van der Waals surface area contributed by atoms with Gasteiger partial charge < -0.3 is 4.74 Å². The summed E-state index contributed by atoms with van der Waals surface area (Å²) in [5, 5.41) is 1.90. The van der Waals surface area contributed by atoms with Crippen LogP contribution in [0, 0.1) is 0 Å². The number of aldehydes is 1. The van der Waals surface area contributed by atoms with Gasteiger partial charge >= 0.3 is 5.97 Å². The van der Waals surface area contributed by atoms with Crippen LogP contribution in [-0.4, -0.2) is 34.5 Å². The van der Waals surface area contributed by atoms with E-state index in [-0.39, 0.29) is 12.1 Å². The van der Waals surface area contributed by atoms with Crippen LogP contribution in [0.2, 0.25) is 0 Å². The Labute approximate surface area is 172 Å². The lowest BCUT2D eigenvalue weighted by Crippen LogP contribution is -2.62. The molecule has 1 heterocycles. The number of hydroxylamine groups is 2. The van der Waals surface area contributed by atoms with Gasteiger partial charge in [-0.05, 0) is 45.4 Å². The van der Waals surface area contributed by atoms with E-state index in [0.717, 1.165) is 11.8 Å². The minimum absolute atomic E-state index is 0.237. The monoisotopic (exact) mass is 395 g/mol. The Morgan fingerprint density at radius 1 is 0.966 bits per heavy atom. The van der Waals surface area contributed by atoms with Gasteiger partial charge in [-0.3, -0.25) is 9.63 Å². The van der Waals surface area contributed by atoms with E-state index in [1.807, 2.05) is 81.3 Å². The minimum atomic E-state index is -0.682. The van der Waals surface area contributed by atoms with E-state index in [9.17, 15) is 9.59 Å². The van der Waals surface area contributed by atoms with E-state index in [1.54, 1.807) is 12.1 Å². The average molecular weight is 395 g/mol. The summed E-state index contributed by atoms with van der Waals surface area (Å²) in [6.45, 7) is 8.18. The molecule has 1 aliphatic rings. The van der Waals surface area contributed by atoms with E-state index in [4.69, 9.17) is 9.57 Å². The second kappa shape index (κ2) is 8.47. The second-order valence-corrected chi connectivity index (χ2v) is 8.79. The van der Waals surface area contributed by atoms with Crippen LogP contribution >= 0.6 is 0 Å². The maximum absolute atomic E-state index is 12.5. The Morgan fingerprint density at radius 2 is 1.48 bits per heavy atom. The predicted molar refractivity (Wildman–Crippen MR) is 111 cm³/mol. The highest BCUT2D eigenvalue weighted by Gasteiger charge is 2.48. The summed E-state index contributed by atoms with van der Waals surface area (Å²) in [4.78, 5) is 30.5. The Bertz CT molecular complexity index is 814. The van der Waals surface area contributed by atoms with Gasteiger partial charge in [0.2, 0.25) is 0 Å². The second-order valence-electron chi connectivity index (χ2n) is 8.79. The van der Waals surface area contributed by atoms with Gasteiger partial charge in [0.15, 0.2) is 12.4 Å². The molecule has 0 saturated carbocycles. The summed E-state index contributed by atoms with van der Waals surface area (Å²) in [6, 6.07) is 18.5. The smallest absolute Gasteiger partial charge is 0.338 e. The molecular weight excluding hydrogens is 366 g/mol. The van der Waals surface area contributed by atoms with Gasteiger partial charge in [0.25, 0.3) is 0 Å². The maximum atomic E-state index is 12.5. The molecule has 0 N–H and O–H groups in total. The zero-order chi connectivity index (χ0) is 21.1. The molecule has 0 aromatic heterocycles. The highest BCUT2D eigenvalue weighted by Crippen LogP contribution is 2.41. The Balaban J connectivity index is 1.75. The summed E-state index contributed by atoms with van der Waals surface area (Å²) in [7, 11) is 0. The number of piperidine rings is 1. The van der Waals surface area contributed by atoms with Crippen LogP contribution in [0.3, 0.4) is 0 Å². The third-order valence-electron chi connectivity index (χ3n) is 5.31. The summed E-state index contributed by atoms with van der Waals surface area (Å²) in [6.07, 6.45) is 1.12. The van der Waals surface area contributed by atoms with E-state index < -0.39 is 17.2 Å². The third kappa shape index (κ3) is 4.92. The van der Waals surface area contributed by atoms with Gasteiger partial charge in [0, 0.05) is 23.9 Å². The maximum Gasteiger partial charge on any atom is 0.338 e. The fraction of sp³-hybridized carbons (Fsp3) is 0.417. The number of rotatable bonds is 6. The molecule has 3 rings (SSSR count). The van der Waals surface area contributed by atoms with Crippen molar-refractivity contribution in [3.8, 4) is 0 Å². The van der Waals surface area contributed by atoms with Crippen molar-refractivity contribution in [2.45, 2.75) is 63.8 Å². The number of nitrogens with zero attached hydrogens (tertiary/aromatic N) is 1. The number of carbonyl (C=O) groups is 2. The van der Waals surface area contributed by atoms with Gasteiger partial charge in [0.1, 0.15) is 6.10 Å². The lowest BCUT2D eigenvalue weighted by Gasteiger charge is -2.53. The molecule has 0 radical (unpaired) electrons. The summed E-state index contributed by atoms with van der Waals surface area (Å²) in [5.41, 5.74) is 0.498. The van der Waals surface area contributed by atoms with Crippen LogP contribution in [0.25, 0.3) is 0 Å². The van der Waals surface area contributed by atoms with E-state index in [0.29, 0.717) is 18.4 Å². The van der Waals surface area contributed by atoms with Gasteiger partial charge in [-0.1, -0.05) is 48.5 Å². The highest BCUT2D eigenvalue weighted by molar-refractivity contribution is 5.89. The van der Waals surface area contributed by atoms with Crippen molar-refractivity contribution in [2.75, 3.05) is 0 Å². The summed E-state index contributed by atoms with van der Waals surface area (Å²) < 4.78 is 5.82. The van der Waals surface area contributed by atoms with E-state index in [1.165, 1.54) is 0 Å². The number of esters is 1. The average Bonchev–Trinajstić information content (AvgIpc) is 2.68. The zero-order valence-corrected chi connectivity index (χ0v) is 17.5. The first-order chi connectivity index (χ1) is 13.7. The molecule has 2 aromatic rings. The fourth-order valence-corrected chi connectivity index (χ4v) is 4.25. The molecule has 0 bridgehead atoms. The van der Waals surface area contributed by atoms with Crippen LogP contribution in [0.1, 0.15) is 62.6 Å². The number of hydrogen-bond acceptors (Lipinski definition) is 5. The minimum Gasteiger partial charge on any atom is -0.459 e. The molecule has 0 spiro atoms. The molecule has 1 fully saturated rings. The van der Waals surface area contributed by atoms with Gasteiger partial charge in [0.05, 0.1) is 5.56 Å². The molecule has 1 atom stereocenters. The first kappa shape index (κ1) is 21.2. The zero-order valence-electron chi connectivity index (χ0n) is 17.5. The molecule has 5 nitrogen and oxygen atoms in total. The number of carbonyl (C=O) groups excluding carboxylic acids is 2. The predicted octanol–water partition coefficient (Wildman–Crippen LogP) is 4.74. The Morgan fingerprint density at radius 3 is 2.00 bits per heavy atom. The van der Waals surface area contributed by atoms with Crippen LogP contribution in [0.4, 0.5) is 0 Å². The van der Waals surface area contributed by atoms with Crippen molar-refractivity contribution in [3.05, 3.63) is 71.8 Å². The molecule has 2 aromatic carbocycles. The molecule has 1 aliphatic heterocycles. The van der Waals surface area contributed by atoms with E-state index in [2.05, 4.69) is 0 Å². The molecule has 29 heavy (non-hydrogen) atoms. The normalized spacial score (nSPS) is 20.0. The molecule has 1 saturated heterocycles. The lowest BCUT2D eigenvalue weighted by molar-refractivity contribution is -0.308. The third-order valence-corrected chi connectivity index (χ3v) is 5.31. The first-order valence-corrected chi connectivity index (χ1v) is 9.96. The van der Waals surface area contributed by atoms with Gasteiger partial charge in [-0.2, -0.15) is 5.06 Å². The fourth-order valence-electron chi connectivity index (χ4n) is 4.25. The largest absolute Gasteiger partial charge is 0.459 e. The lowest BCUT2D eigenvalue weighted by atomic mass is 9.80. The number of hydrogen-bond donors (Lipinski definition) is 0. The van der Waals surface area contributed by atoms with Crippen molar-refractivity contribution < 1.29 is 19.2 Å². The van der Waals surface area contributed by atoms with Gasteiger partial charge in [-0.15, -0.1) is 0 Å². The van der Waals surface area contributed by atoms with Crippen molar-refractivity contribution in [3.63, 3.8) is 0 Å². The van der Waals surface area contributed by atoms with Crippen LogP contribution in [0.15, 0.2) is 60.7 Å². The summed E-state index contributed by atoms with van der Waals surface area (Å²) >= 11 is 0. The number of ether oxygens (including phenoxy) is 1. The molecule has 5 heteroatoms. The Hall–Kier alpha value is -2.50. The SMILES string of the molecule is CC1(C)CC(OC(=O)c2ccccc2)CC(C)(C)N1OC(C=O)c1ccccc1. The Kier molecular flexibility index (Phi) is 6.20. The molecule has 1 unspecified atom stereocenters. The topological polar surface area (TPSA) is 55.8 Å². The number of benzene rings is 2. The van der Waals surface area contributed by atoms with Crippen molar-refractivity contribution >= 4 is 12.3 Å². The van der Waals surface area contributed by atoms with Crippen molar-refractivity contribution in [2.24, 2.45) is 0 Å². The molecule has 0 amide bonds. The summed E-state index contributed by atoms with van der Waals surface area (Å²) in [5.74, 6) is -0.313. The molecular formula is C24H29NO4. The standard InChI is InChI=1S/C24H29NO4/c1-23(2)15-20(28-22(27)19-13-9-6-10-14-19)16-24(3,4)25(23)29-21(17-26)18-11-7-5-8-12-18/h5-14,17,20-21H,15-16H2,1-4H3. The van der Waals surface area contributed by atoms with Crippen LogP contribution in [0.5, 0.6) is 0 Å². The quantitative estimate of drug-likeness (QED) is 0.522.